The molecule has 1 aromatic heterocycles. The smallest absolute Gasteiger partial charge is 0.308 e. The summed E-state index contributed by atoms with van der Waals surface area (Å²) in [6.45, 7) is 7.82. The lowest BCUT2D eigenvalue weighted by Gasteiger charge is -2.29. The second kappa shape index (κ2) is 10.6. The van der Waals surface area contributed by atoms with Gasteiger partial charge in [0.2, 0.25) is 5.78 Å². The molecule has 8 nitrogen and oxygen atoms in total. The van der Waals surface area contributed by atoms with Crippen molar-refractivity contribution in [2.75, 3.05) is 26.2 Å². The summed E-state index contributed by atoms with van der Waals surface area (Å²) in [6.07, 6.45) is 0. The second-order valence-corrected chi connectivity index (χ2v) is 8.91. The van der Waals surface area contributed by atoms with Gasteiger partial charge in [0.1, 0.15) is 11.3 Å². The van der Waals surface area contributed by atoms with Gasteiger partial charge in [-0.25, -0.2) is 0 Å². The van der Waals surface area contributed by atoms with Crippen LogP contribution >= 0.6 is 11.6 Å². The van der Waals surface area contributed by atoms with E-state index in [1.807, 2.05) is 13.8 Å². The van der Waals surface area contributed by atoms with E-state index in [9.17, 15) is 19.5 Å². The third-order valence-corrected chi connectivity index (χ3v) is 6.49. The summed E-state index contributed by atoms with van der Waals surface area (Å²) in [5, 5.41) is 12.0. The second-order valence-electron chi connectivity index (χ2n) is 8.47. The van der Waals surface area contributed by atoms with Crippen molar-refractivity contribution in [3.05, 3.63) is 76.2 Å². The predicted octanol–water partition coefficient (Wildman–Crippen LogP) is 4.93. The third-order valence-electron chi connectivity index (χ3n) is 6.26. The molecule has 0 fully saturated rings. The Morgan fingerprint density at radius 3 is 2.44 bits per heavy atom. The number of aliphatic hydroxyl groups excluding tert-OH is 1. The van der Waals surface area contributed by atoms with Crippen LogP contribution in [-0.4, -0.2) is 58.7 Å². The van der Waals surface area contributed by atoms with Gasteiger partial charge in [-0.3, -0.25) is 14.4 Å². The van der Waals surface area contributed by atoms with Crippen LogP contribution in [0.15, 0.2) is 64.3 Å². The molecule has 1 unspecified atom stereocenters. The molecule has 0 radical (unpaired) electrons. The number of hydrogen-bond donors (Lipinski definition) is 1. The fraction of sp³-hybridized carbons (Fsp3) is 0.296. The van der Waals surface area contributed by atoms with E-state index >= 15 is 0 Å². The highest BCUT2D eigenvalue weighted by Crippen LogP contribution is 2.40. The number of amides is 1. The molecule has 0 aliphatic carbocycles. The van der Waals surface area contributed by atoms with Gasteiger partial charge in [-0.15, -0.1) is 0 Å². The molecule has 1 aliphatic rings. The number of nitrogens with zero attached hydrogens (tertiary/aromatic N) is 2. The standard InChI is InChI=1S/C27H27ClN2O6/c1-4-29(5-2)12-13-30-24(17-6-9-20(10-7-17)35-16(3)31)23(26(33)27(30)34)25(32)22-15-18-14-19(28)8-11-21(18)36-22/h6-11,14-15,24,33H,4-5,12-13H2,1-3H3. The summed E-state index contributed by atoms with van der Waals surface area (Å²) in [7, 11) is 0. The minimum absolute atomic E-state index is 0.00579. The lowest BCUT2D eigenvalue weighted by molar-refractivity contribution is -0.132. The normalized spacial score (nSPS) is 15.9. The Bertz CT molecular complexity index is 1340. The summed E-state index contributed by atoms with van der Waals surface area (Å²) in [4.78, 5) is 41.8. The van der Waals surface area contributed by atoms with Crippen LogP contribution in [0, 0.1) is 0 Å². The zero-order chi connectivity index (χ0) is 26.0. The molecule has 9 heteroatoms. The predicted molar refractivity (Wildman–Crippen MR) is 135 cm³/mol. The zero-order valence-corrected chi connectivity index (χ0v) is 21.0. The number of aliphatic hydroxyl groups is 1. The van der Waals surface area contributed by atoms with E-state index in [0.29, 0.717) is 40.4 Å². The average molecular weight is 511 g/mol. The van der Waals surface area contributed by atoms with Gasteiger partial charge in [-0.1, -0.05) is 37.6 Å². The van der Waals surface area contributed by atoms with Gasteiger partial charge < -0.3 is 24.1 Å². The number of rotatable bonds is 9. The molecule has 3 aromatic rings. The largest absolute Gasteiger partial charge is 0.503 e. The highest BCUT2D eigenvalue weighted by atomic mass is 35.5. The maximum atomic E-state index is 13.6. The molecule has 0 saturated carbocycles. The molecule has 2 aromatic carbocycles. The van der Waals surface area contributed by atoms with Gasteiger partial charge in [-0.2, -0.15) is 0 Å². The Morgan fingerprint density at radius 1 is 1.11 bits per heavy atom. The van der Waals surface area contributed by atoms with Crippen molar-refractivity contribution in [2.45, 2.75) is 26.8 Å². The van der Waals surface area contributed by atoms with Crippen molar-refractivity contribution in [1.82, 2.24) is 9.80 Å². The molecule has 188 valence electrons. The summed E-state index contributed by atoms with van der Waals surface area (Å²) >= 11 is 6.07. The van der Waals surface area contributed by atoms with Crippen molar-refractivity contribution in [3.63, 3.8) is 0 Å². The Balaban J connectivity index is 1.74. The van der Waals surface area contributed by atoms with Gasteiger partial charge in [-0.05, 0) is 55.1 Å². The number of carbonyl (C=O) groups is 3. The van der Waals surface area contributed by atoms with E-state index < -0.39 is 29.5 Å². The maximum absolute atomic E-state index is 13.6. The summed E-state index contributed by atoms with van der Waals surface area (Å²) in [5.41, 5.74) is 0.989. The molecule has 2 heterocycles. The SMILES string of the molecule is CCN(CC)CCN1C(=O)C(O)=C(C(=O)c2cc3cc(Cl)ccc3o2)C1c1ccc(OC(C)=O)cc1. The van der Waals surface area contributed by atoms with Crippen molar-refractivity contribution in [2.24, 2.45) is 0 Å². The number of ether oxygens (including phenoxy) is 1. The Labute approximate surface area is 213 Å². The molecule has 0 bridgehead atoms. The van der Waals surface area contributed by atoms with E-state index in [-0.39, 0.29) is 11.3 Å². The number of benzene rings is 2. The van der Waals surface area contributed by atoms with Crippen molar-refractivity contribution < 1.29 is 28.6 Å². The zero-order valence-electron chi connectivity index (χ0n) is 20.3. The number of ketones is 1. The Kier molecular flexibility index (Phi) is 7.47. The number of esters is 1. The van der Waals surface area contributed by atoms with Gasteiger partial charge >= 0.3 is 5.97 Å². The topological polar surface area (TPSA) is 100 Å². The quantitative estimate of drug-likeness (QED) is 0.247. The van der Waals surface area contributed by atoms with Crippen LogP contribution in [0.5, 0.6) is 5.75 Å². The summed E-state index contributed by atoms with van der Waals surface area (Å²) < 4.78 is 10.9. The van der Waals surface area contributed by atoms with Crippen molar-refractivity contribution in [3.8, 4) is 5.75 Å². The Hall–Kier alpha value is -3.62. The number of carbonyl (C=O) groups excluding carboxylic acids is 3. The molecular formula is C27H27ClN2O6. The maximum Gasteiger partial charge on any atom is 0.308 e. The van der Waals surface area contributed by atoms with Crippen LogP contribution in [0.3, 0.4) is 0 Å². The van der Waals surface area contributed by atoms with Gasteiger partial charge in [0.15, 0.2) is 11.5 Å². The van der Waals surface area contributed by atoms with Crippen molar-refractivity contribution in [1.29, 1.82) is 0 Å². The number of hydrogen-bond acceptors (Lipinski definition) is 7. The van der Waals surface area contributed by atoms with Crippen LogP contribution in [0.1, 0.15) is 42.9 Å². The number of likely N-dealkylation sites (N-methyl/N-ethyl adjacent to an activating group) is 1. The van der Waals surface area contributed by atoms with E-state index in [2.05, 4.69) is 4.90 Å². The molecule has 1 N–H and O–H groups in total. The van der Waals surface area contributed by atoms with Crippen LogP contribution in [0.2, 0.25) is 5.02 Å². The van der Waals surface area contributed by atoms with Crippen molar-refractivity contribution >= 4 is 40.2 Å². The third kappa shape index (κ3) is 5.01. The van der Waals surface area contributed by atoms with Crippen LogP contribution in [-0.2, 0) is 9.59 Å². The minimum atomic E-state index is -0.844. The van der Waals surface area contributed by atoms with Gasteiger partial charge in [0.25, 0.3) is 5.91 Å². The van der Waals surface area contributed by atoms with Crippen LogP contribution in [0.25, 0.3) is 11.0 Å². The first-order valence-electron chi connectivity index (χ1n) is 11.7. The fourth-order valence-corrected chi connectivity index (χ4v) is 4.58. The van der Waals surface area contributed by atoms with E-state index in [1.165, 1.54) is 11.8 Å². The van der Waals surface area contributed by atoms with E-state index in [4.69, 9.17) is 20.8 Å². The molecule has 1 aliphatic heterocycles. The first-order chi connectivity index (χ1) is 17.2. The van der Waals surface area contributed by atoms with Gasteiger partial charge in [0.05, 0.1) is 11.6 Å². The number of halogens is 1. The lowest BCUT2D eigenvalue weighted by atomic mass is 9.95. The highest BCUT2D eigenvalue weighted by molar-refractivity contribution is 6.31. The number of Topliss-reactive ketones (excluding diaryl/α,β-unsaturated/α-hetero) is 1. The highest BCUT2D eigenvalue weighted by Gasteiger charge is 2.44. The first-order valence-corrected chi connectivity index (χ1v) is 12.1. The van der Waals surface area contributed by atoms with Gasteiger partial charge in [0, 0.05) is 30.4 Å². The van der Waals surface area contributed by atoms with Crippen LogP contribution in [0.4, 0.5) is 0 Å². The first kappa shape index (κ1) is 25.5. The molecule has 0 spiro atoms. The fourth-order valence-electron chi connectivity index (χ4n) is 4.39. The molecule has 1 atom stereocenters. The Morgan fingerprint density at radius 2 is 1.81 bits per heavy atom. The summed E-state index contributed by atoms with van der Waals surface area (Å²) in [6, 6.07) is 12.2. The summed E-state index contributed by atoms with van der Waals surface area (Å²) in [5.74, 6) is -1.95. The number of fused-ring (bicyclic) bond motifs is 1. The lowest BCUT2D eigenvalue weighted by Crippen LogP contribution is -2.38. The molecule has 4 rings (SSSR count). The van der Waals surface area contributed by atoms with Crippen LogP contribution < -0.4 is 4.74 Å². The average Bonchev–Trinajstić information content (AvgIpc) is 3.38. The minimum Gasteiger partial charge on any atom is -0.503 e. The molecule has 0 saturated heterocycles. The van der Waals surface area contributed by atoms with E-state index in [0.717, 1.165) is 13.1 Å². The number of furan rings is 1. The van der Waals surface area contributed by atoms with E-state index in [1.54, 1.807) is 48.5 Å². The molecular weight excluding hydrogens is 484 g/mol. The monoisotopic (exact) mass is 510 g/mol. The molecule has 1 amide bonds. The molecule has 36 heavy (non-hydrogen) atoms.